The number of hydrogen-bond donors (Lipinski definition) is 2. The van der Waals surface area contributed by atoms with E-state index in [9.17, 15) is 24.6 Å². The van der Waals surface area contributed by atoms with E-state index in [0.717, 1.165) is 19.4 Å². The quantitative estimate of drug-likeness (QED) is 0.317. The molecule has 3 fully saturated rings. The van der Waals surface area contributed by atoms with Gasteiger partial charge < -0.3 is 30.1 Å². The van der Waals surface area contributed by atoms with Gasteiger partial charge >= 0.3 is 29.6 Å². The summed E-state index contributed by atoms with van der Waals surface area (Å²) in [5.41, 5.74) is -0.0232. The van der Waals surface area contributed by atoms with Crippen molar-refractivity contribution in [2.75, 3.05) is 20.6 Å². The van der Waals surface area contributed by atoms with Crippen LogP contribution in [0.5, 0.6) is 0 Å². The van der Waals surface area contributed by atoms with E-state index in [0.29, 0.717) is 10.8 Å². The van der Waals surface area contributed by atoms with E-state index in [4.69, 9.17) is 0 Å². The van der Waals surface area contributed by atoms with Gasteiger partial charge in [0.1, 0.15) is 0 Å². The molecule has 3 aliphatic heterocycles. The fraction of sp³-hybridized carbons (Fsp3) is 0.750. The molecule has 0 aromatic carbocycles. The summed E-state index contributed by atoms with van der Waals surface area (Å²) >= 11 is 1.51. The average Bonchev–Trinajstić information content (AvgIpc) is 3.23. The number of carbonyl (C=O) groups excluding carboxylic acids is 3. The number of carboxylic acid groups (broad SMARTS) is 1. The van der Waals surface area contributed by atoms with Gasteiger partial charge in [0.15, 0.2) is 0 Å². The first-order valence-corrected chi connectivity index (χ1v) is 11.1. The molecule has 0 radical (unpaired) electrons. The van der Waals surface area contributed by atoms with E-state index in [2.05, 4.69) is 5.32 Å². The van der Waals surface area contributed by atoms with Gasteiger partial charge in [-0.15, -0.1) is 11.8 Å². The topological polar surface area (TPSA) is 113 Å². The van der Waals surface area contributed by atoms with Gasteiger partial charge in [0.2, 0.25) is 11.8 Å². The van der Waals surface area contributed by atoms with Gasteiger partial charge in [-0.2, -0.15) is 0 Å². The van der Waals surface area contributed by atoms with E-state index in [1.165, 1.54) is 16.7 Å². The summed E-state index contributed by atoms with van der Waals surface area (Å²) in [6, 6.07) is -0.0532. The number of carboxylic acids is 1. The minimum Gasteiger partial charge on any atom is -0.543 e. The minimum atomic E-state index is -1.33. The van der Waals surface area contributed by atoms with E-state index >= 15 is 0 Å². The van der Waals surface area contributed by atoms with Crippen LogP contribution in [0, 0.1) is 23.7 Å². The van der Waals surface area contributed by atoms with Gasteiger partial charge in [0, 0.05) is 48.7 Å². The van der Waals surface area contributed by atoms with Gasteiger partial charge in [-0.1, -0.05) is 6.92 Å². The summed E-state index contributed by atoms with van der Waals surface area (Å²) in [6.45, 7) is 4.23. The Bertz CT molecular complexity index is 788. The summed E-state index contributed by atoms with van der Waals surface area (Å²) in [5, 5.41) is 25.4. The summed E-state index contributed by atoms with van der Waals surface area (Å²) < 4.78 is 0. The Morgan fingerprint density at radius 3 is 2.57 bits per heavy atom. The van der Waals surface area contributed by atoms with Crippen LogP contribution in [0.2, 0.25) is 0 Å². The molecule has 0 bridgehead atoms. The maximum Gasteiger partial charge on any atom is 1.00 e. The molecule has 10 heteroatoms. The smallest absolute Gasteiger partial charge is 0.543 e. The number of aliphatic hydroxyl groups is 1. The molecule has 30 heavy (non-hydrogen) atoms. The summed E-state index contributed by atoms with van der Waals surface area (Å²) in [7, 11) is 3.55. The van der Waals surface area contributed by atoms with Crippen molar-refractivity contribution in [2.24, 2.45) is 23.7 Å². The fourth-order valence-electron chi connectivity index (χ4n) is 5.27. The molecule has 8 atom stereocenters. The van der Waals surface area contributed by atoms with E-state index in [1.807, 2.05) is 6.92 Å². The number of aliphatic carboxylic acids is 1. The third-order valence-electron chi connectivity index (χ3n) is 6.83. The normalized spacial score (nSPS) is 38.0. The van der Waals surface area contributed by atoms with Crippen LogP contribution in [0.25, 0.3) is 0 Å². The molecule has 8 nitrogen and oxygen atoms in total. The molecular weight excluding hydrogens is 417 g/mol. The van der Waals surface area contributed by atoms with Crippen LogP contribution < -0.4 is 40.0 Å². The molecule has 2 N–H and O–H groups in total. The Morgan fingerprint density at radius 1 is 1.33 bits per heavy atom. The second-order valence-corrected chi connectivity index (χ2v) is 10.3. The number of fused-ring (bicyclic) bond motifs is 1. The second-order valence-electron chi connectivity index (χ2n) is 8.98. The molecule has 4 aliphatic rings. The number of carbonyl (C=O) groups is 3. The van der Waals surface area contributed by atoms with Crippen LogP contribution in [0.1, 0.15) is 26.7 Å². The maximum atomic E-state index is 12.4. The number of amides is 2. The largest absolute Gasteiger partial charge is 1.00 e. The first-order chi connectivity index (χ1) is 13.6. The number of thioether (sulfide) groups is 1. The predicted octanol–water partition coefficient (Wildman–Crippen LogP) is -4.00. The summed E-state index contributed by atoms with van der Waals surface area (Å²) in [4.78, 5) is 40.0. The fourth-order valence-corrected chi connectivity index (χ4v) is 6.76. The molecule has 0 aromatic rings. The zero-order valence-electron chi connectivity index (χ0n) is 18.1. The molecular formula is C20H28N3NaO5S. The third kappa shape index (κ3) is 3.86. The monoisotopic (exact) mass is 445 g/mol. The first-order valence-electron chi connectivity index (χ1n) is 10.2. The van der Waals surface area contributed by atoms with E-state index < -0.39 is 18.0 Å². The Kier molecular flexibility index (Phi) is 7.02. The number of hydrogen-bond acceptors (Lipinski definition) is 7. The van der Waals surface area contributed by atoms with Crippen molar-refractivity contribution in [3.63, 3.8) is 0 Å². The van der Waals surface area contributed by atoms with Gasteiger partial charge in [-0.3, -0.25) is 9.59 Å². The third-order valence-corrected chi connectivity index (χ3v) is 8.35. The number of rotatable bonds is 6. The number of β-lactam (4-membered cyclic amide) rings is 1. The molecule has 0 unspecified atom stereocenters. The molecule has 2 amide bonds. The van der Waals surface area contributed by atoms with Crippen molar-refractivity contribution in [3.05, 3.63) is 10.6 Å². The minimum absolute atomic E-state index is 0. The molecule has 3 heterocycles. The Morgan fingerprint density at radius 2 is 2.00 bits per heavy atom. The predicted molar refractivity (Wildman–Crippen MR) is 105 cm³/mol. The van der Waals surface area contributed by atoms with Crippen molar-refractivity contribution in [2.45, 2.75) is 50.1 Å². The molecule has 1 aliphatic carbocycles. The standard InChI is InChI=1S/C20H29N3O5S.Na/c1-8-15-14(9(2)24)19(26)23(15)16(20(27)28)17(8)29-10-5-13(21-7-10)11-6-12(11)18(25)22(3)4;/h8-15,21,24H,5-7H2,1-4H3,(H,27,28);/q;+1/p-1/t8-,9-,10+,11-,12-,13+,14-,15-;/m1./s1. The molecule has 0 aromatic heterocycles. The van der Waals surface area contributed by atoms with Crippen LogP contribution in [-0.4, -0.2) is 76.8 Å². The van der Waals surface area contributed by atoms with Gasteiger partial charge in [-0.05, 0) is 25.7 Å². The van der Waals surface area contributed by atoms with Crippen LogP contribution in [-0.2, 0) is 14.4 Å². The van der Waals surface area contributed by atoms with Crippen molar-refractivity contribution < 1.29 is 54.2 Å². The molecule has 2 saturated heterocycles. The van der Waals surface area contributed by atoms with Gasteiger partial charge in [-0.25, -0.2) is 0 Å². The van der Waals surface area contributed by atoms with Crippen LogP contribution >= 0.6 is 11.8 Å². The van der Waals surface area contributed by atoms with Gasteiger partial charge in [0.25, 0.3) is 0 Å². The van der Waals surface area contributed by atoms with Crippen molar-refractivity contribution in [1.82, 2.24) is 15.1 Å². The van der Waals surface area contributed by atoms with Crippen molar-refractivity contribution >= 4 is 29.5 Å². The molecule has 160 valence electrons. The van der Waals surface area contributed by atoms with E-state index in [-0.39, 0.29) is 76.2 Å². The zero-order chi connectivity index (χ0) is 21.2. The second kappa shape index (κ2) is 8.75. The molecule has 1 saturated carbocycles. The summed E-state index contributed by atoms with van der Waals surface area (Å²) in [6.07, 6.45) is 0.953. The van der Waals surface area contributed by atoms with Gasteiger partial charge in [0.05, 0.1) is 29.7 Å². The molecule has 0 spiro atoms. The van der Waals surface area contributed by atoms with Crippen LogP contribution in [0.15, 0.2) is 10.6 Å². The first kappa shape index (κ1) is 24.1. The average molecular weight is 446 g/mol. The zero-order valence-corrected chi connectivity index (χ0v) is 20.9. The SMILES string of the molecule is C[C@@H](O)[C@H]1C(=O)N2C(C(=O)[O-])=C(S[C@@H]3CN[C@H]([C@@H]4C[C@H]4C(=O)N(C)C)C3)[C@H](C)[C@H]12.[Na+]. The number of nitrogens with one attached hydrogen (secondary N) is 1. The van der Waals surface area contributed by atoms with Crippen molar-refractivity contribution in [3.8, 4) is 0 Å². The Labute approximate surface area is 203 Å². The Hall–Kier alpha value is -0.580. The Balaban J connectivity index is 0.00000256. The summed E-state index contributed by atoms with van der Waals surface area (Å²) in [5.74, 6) is -1.78. The number of nitrogens with zero attached hydrogens (tertiary/aromatic N) is 2. The van der Waals surface area contributed by atoms with E-state index in [1.54, 1.807) is 25.9 Å². The van der Waals surface area contributed by atoms with Crippen LogP contribution in [0.4, 0.5) is 0 Å². The molecule has 4 rings (SSSR count). The maximum absolute atomic E-state index is 12.4. The van der Waals surface area contributed by atoms with Crippen LogP contribution in [0.3, 0.4) is 0 Å². The number of aliphatic hydroxyl groups excluding tert-OH is 1. The van der Waals surface area contributed by atoms with Crippen molar-refractivity contribution in [1.29, 1.82) is 0 Å².